The molecule has 3 heterocycles. The molecule has 1 spiro atoms. The van der Waals surface area contributed by atoms with E-state index in [-0.39, 0.29) is 0 Å². The van der Waals surface area contributed by atoms with E-state index in [1.54, 1.807) is 0 Å². The second kappa shape index (κ2) is 36.3. The largest absolute Gasteiger partial charge is 0.311 e. The van der Waals surface area contributed by atoms with Crippen LogP contribution in [-0.2, 0) is 5.41 Å². The zero-order valence-electron chi connectivity index (χ0n) is 76.0. The molecule has 0 fully saturated rings. The predicted octanol–water partition coefficient (Wildman–Crippen LogP) is 38.6. The Morgan fingerprint density at radius 1 is 0.122 bits per heavy atom. The van der Waals surface area contributed by atoms with E-state index in [1.165, 1.54) is 183 Å². The van der Waals surface area contributed by atoms with Crippen molar-refractivity contribution in [3.05, 3.63) is 562 Å². The molecule has 139 heavy (non-hydrogen) atoms. The Hall–Kier alpha value is -17.1. The van der Waals surface area contributed by atoms with Crippen LogP contribution in [0.2, 0.25) is 0 Å². The summed E-state index contributed by atoms with van der Waals surface area (Å²) in [6, 6.07) is 196. The van der Waals surface area contributed by atoms with Gasteiger partial charge in [-0.3, -0.25) is 0 Å². The standard InChI is InChI=1S/C49H31NS.C48H33NS.C36H25NS/c1-2-12-32(13-3-1)33-22-24-34(25-23-33)50(35-27-29-48-42(30-35)41-17-7-11-21-47(41)51-48)36-26-28-40-39-16-6-10-20-45(39)49(46(40)31-36)43-18-8-4-14-37(43)38-15-5-9-19-44(38)49;1-3-9-34(10-4-1)37-19-26-42(27-20-37)49(43-28-21-38(22-29-43)35-11-5-2-6-12-35)44-30-23-39(24-31-44)36-15-17-40(18-16-36)41-25-32-48-46(33-41)45-13-7-8-14-47(45)50-48;1-3-9-26(10-4-1)27-15-20-31(21-16-27)37(30-11-5-2-6-12-30)32-22-17-28(18-23-32)29-19-24-36-34(25-29)33-13-7-8-14-35(33)38-36/h1-31H;1-33H;1-25H. The summed E-state index contributed by atoms with van der Waals surface area (Å²) in [4.78, 5) is 7.10. The molecule has 654 valence electrons. The maximum Gasteiger partial charge on any atom is 0.0726 e. The molecule has 6 heteroatoms. The number of rotatable bonds is 16. The molecule has 0 bridgehead atoms. The Balaban J connectivity index is 0.000000112. The molecule has 3 aromatic heterocycles. The first kappa shape index (κ1) is 83.7. The lowest BCUT2D eigenvalue weighted by Crippen LogP contribution is -2.26. The molecular formula is C133H89N3S3. The van der Waals surface area contributed by atoms with E-state index in [4.69, 9.17) is 0 Å². The van der Waals surface area contributed by atoms with Crippen LogP contribution in [0.1, 0.15) is 22.3 Å². The quantitative estimate of drug-likeness (QED) is 0.0955. The minimum Gasteiger partial charge on any atom is -0.311 e. The Bertz CT molecular complexity index is 8660. The van der Waals surface area contributed by atoms with Crippen molar-refractivity contribution in [2.75, 3.05) is 14.7 Å². The third kappa shape index (κ3) is 15.6. The van der Waals surface area contributed by atoms with Crippen molar-refractivity contribution in [2.45, 2.75) is 5.41 Å². The van der Waals surface area contributed by atoms with Crippen LogP contribution in [0.15, 0.2) is 540 Å². The molecule has 0 aliphatic heterocycles. The van der Waals surface area contributed by atoms with Crippen LogP contribution >= 0.6 is 34.0 Å². The summed E-state index contributed by atoms with van der Waals surface area (Å²) in [7, 11) is 0. The van der Waals surface area contributed by atoms with E-state index >= 15 is 0 Å². The molecule has 0 amide bonds. The van der Waals surface area contributed by atoms with Gasteiger partial charge in [-0.25, -0.2) is 0 Å². The van der Waals surface area contributed by atoms with Crippen LogP contribution in [-0.4, -0.2) is 0 Å². The van der Waals surface area contributed by atoms with E-state index in [0.29, 0.717) is 0 Å². The van der Waals surface area contributed by atoms with Crippen LogP contribution in [0.3, 0.4) is 0 Å². The Morgan fingerprint density at radius 2 is 0.324 bits per heavy atom. The Labute approximate surface area is 821 Å². The van der Waals surface area contributed by atoms with Crippen molar-refractivity contribution in [2.24, 2.45) is 0 Å². The van der Waals surface area contributed by atoms with Crippen LogP contribution in [0.5, 0.6) is 0 Å². The monoisotopic (exact) mass is 1820 g/mol. The van der Waals surface area contributed by atoms with Gasteiger partial charge in [0.25, 0.3) is 0 Å². The Kier molecular flexibility index (Phi) is 21.8. The maximum atomic E-state index is 2.48. The fraction of sp³-hybridized carbons (Fsp3) is 0.00752. The zero-order chi connectivity index (χ0) is 92.1. The normalized spacial score (nSPS) is 11.9. The van der Waals surface area contributed by atoms with Gasteiger partial charge in [0.15, 0.2) is 0 Å². The Morgan fingerprint density at radius 3 is 0.655 bits per heavy atom. The van der Waals surface area contributed by atoms with Gasteiger partial charge < -0.3 is 14.7 Å². The molecule has 0 saturated heterocycles. The molecule has 22 aromatic carbocycles. The zero-order valence-corrected chi connectivity index (χ0v) is 78.4. The summed E-state index contributed by atoms with van der Waals surface area (Å²) in [5, 5.41) is 7.93. The summed E-state index contributed by atoms with van der Waals surface area (Å²) in [6.07, 6.45) is 0. The highest BCUT2D eigenvalue weighted by molar-refractivity contribution is 7.26. The van der Waals surface area contributed by atoms with E-state index in [9.17, 15) is 0 Å². The van der Waals surface area contributed by atoms with Crippen LogP contribution in [0.4, 0.5) is 51.2 Å². The number of anilines is 9. The van der Waals surface area contributed by atoms with Crippen LogP contribution in [0.25, 0.3) is 161 Å². The second-order valence-electron chi connectivity index (χ2n) is 35.7. The summed E-state index contributed by atoms with van der Waals surface area (Å²) in [6.45, 7) is 0. The van der Waals surface area contributed by atoms with Gasteiger partial charge in [-0.05, 0) is 280 Å². The second-order valence-corrected chi connectivity index (χ2v) is 38.9. The molecule has 0 N–H and O–H groups in total. The topological polar surface area (TPSA) is 9.72 Å². The molecule has 0 saturated carbocycles. The van der Waals surface area contributed by atoms with Crippen LogP contribution < -0.4 is 14.7 Å². The highest BCUT2D eigenvalue weighted by atomic mass is 32.1. The minimum absolute atomic E-state index is 0.397. The lowest BCUT2D eigenvalue weighted by atomic mass is 9.70. The average Bonchev–Trinajstić information content (AvgIpc) is 1.51. The average molecular weight is 1830 g/mol. The summed E-state index contributed by atoms with van der Waals surface area (Å²) in [5.41, 5.74) is 37.5. The molecule has 0 unspecified atom stereocenters. The summed E-state index contributed by atoms with van der Waals surface area (Å²) >= 11 is 5.58. The van der Waals surface area contributed by atoms with E-state index in [2.05, 4.69) is 555 Å². The van der Waals surface area contributed by atoms with E-state index in [1.807, 2.05) is 34.0 Å². The van der Waals surface area contributed by atoms with Crippen molar-refractivity contribution in [3.63, 3.8) is 0 Å². The fourth-order valence-electron chi connectivity index (χ4n) is 21.0. The number of hydrogen-bond acceptors (Lipinski definition) is 6. The van der Waals surface area contributed by atoms with E-state index in [0.717, 1.165) is 51.2 Å². The number of fused-ring (bicyclic) bond motifs is 19. The highest BCUT2D eigenvalue weighted by Gasteiger charge is 2.52. The number of nitrogens with zero attached hydrogens (tertiary/aromatic N) is 3. The predicted molar refractivity (Wildman–Crippen MR) is 596 cm³/mol. The van der Waals surface area contributed by atoms with Gasteiger partial charge in [0.2, 0.25) is 0 Å². The third-order valence-corrected chi connectivity index (χ3v) is 31.1. The van der Waals surface area contributed by atoms with Crippen molar-refractivity contribution in [1.82, 2.24) is 0 Å². The summed E-state index contributed by atoms with van der Waals surface area (Å²) < 4.78 is 7.97. The van der Waals surface area contributed by atoms with Crippen molar-refractivity contribution >= 4 is 146 Å². The first-order valence-corrected chi connectivity index (χ1v) is 49.9. The molecule has 0 radical (unpaired) electrons. The molecular weight excluding hydrogens is 1740 g/mol. The number of thiophene rings is 3. The molecule has 2 aliphatic carbocycles. The van der Waals surface area contributed by atoms with Crippen molar-refractivity contribution in [1.29, 1.82) is 0 Å². The van der Waals surface area contributed by atoms with Gasteiger partial charge >= 0.3 is 0 Å². The number of benzene rings is 22. The smallest absolute Gasteiger partial charge is 0.0726 e. The summed E-state index contributed by atoms with van der Waals surface area (Å²) in [5.74, 6) is 0. The molecule has 0 atom stereocenters. The first-order valence-electron chi connectivity index (χ1n) is 47.5. The van der Waals surface area contributed by atoms with Crippen molar-refractivity contribution in [3.8, 4) is 100 Å². The first-order chi connectivity index (χ1) is 68.9. The van der Waals surface area contributed by atoms with E-state index < -0.39 is 5.41 Å². The van der Waals surface area contributed by atoms with Gasteiger partial charge in [-0.1, -0.05) is 382 Å². The molecule has 3 nitrogen and oxygen atoms in total. The molecule has 2 aliphatic rings. The number of para-hydroxylation sites is 1. The van der Waals surface area contributed by atoms with Gasteiger partial charge in [-0.2, -0.15) is 0 Å². The van der Waals surface area contributed by atoms with Gasteiger partial charge in [0.1, 0.15) is 0 Å². The highest BCUT2D eigenvalue weighted by Crippen LogP contribution is 2.64. The SMILES string of the molecule is c1ccc(-c2ccc(N(c3ccc(-c4ccccc4)cc3)c3ccc(-c4ccc(-c5ccc6sc7ccccc7c6c5)cc4)cc3)cc2)cc1.c1ccc(-c2ccc(N(c3ccc4c(c3)C3(c5ccccc5-c5ccccc53)c3ccccc3-4)c3ccc4sc5ccccc5c4c3)cc2)cc1.c1ccc(-c2ccc(N(c3ccccc3)c3ccc(-c4ccc5sc6ccccc6c5c4)cc3)cc2)cc1. The van der Waals surface area contributed by atoms with Gasteiger partial charge in [0, 0.05) is 112 Å². The number of hydrogen-bond donors (Lipinski definition) is 0. The van der Waals surface area contributed by atoms with Gasteiger partial charge in [-0.15, -0.1) is 34.0 Å². The fourth-order valence-corrected chi connectivity index (χ4v) is 24.3. The lowest BCUT2D eigenvalue weighted by Gasteiger charge is -2.32. The third-order valence-electron chi connectivity index (χ3n) is 27.7. The lowest BCUT2D eigenvalue weighted by molar-refractivity contribution is 0.793. The minimum atomic E-state index is -0.397. The van der Waals surface area contributed by atoms with Gasteiger partial charge in [0.05, 0.1) is 5.41 Å². The maximum absolute atomic E-state index is 2.48. The van der Waals surface area contributed by atoms with Crippen molar-refractivity contribution < 1.29 is 0 Å². The molecule has 27 rings (SSSR count). The van der Waals surface area contributed by atoms with Crippen LogP contribution in [0, 0.1) is 0 Å². The molecule has 25 aromatic rings.